The highest BCUT2D eigenvalue weighted by Crippen LogP contribution is 2.32. The predicted octanol–water partition coefficient (Wildman–Crippen LogP) is 3.23. The van der Waals surface area contributed by atoms with Crippen molar-refractivity contribution in [3.05, 3.63) is 46.2 Å². The molecule has 7 nitrogen and oxygen atoms in total. The van der Waals surface area contributed by atoms with Gasteiger partial charge in [0.15, 0.2) is 17.5 Å². The van der Waals surface area contributed by atoms with Gasteiger partial charge >= 0.3 is 6.61 Å². The molecule has 0 spiro atoms. The minimum absolute atomic E-state index is 0.00796. The van der Waals surface area contributed by atoms with Crippen molar-refractivity contribution in [3.63, 3.8) is 0 Å². The first kappa shape index (κ1) is 23.4. The van der Waals surface area contributed by atoms with Crippen molar-refractivity contribution in [2.45, 2.75) is 26.5 Å². The number of halogens is 2. The lowest BCUT2D eigenvalue weighted by Gasteiger charge is -2.17. The van der Waals surface area contributed by atoms with E-state index in [1.165, 1.54) is 11.3 Å². The van der Waals surface area contributed by atoms with Crippen molar-refractivity contribution >= 4 is 23.2 Å². The van der Waals surface area contributed by atoms with Crippen LogP contribution in [0, 0.1) is 0 Å². The van der Waals surface area contributed by atoms with Gasteiger partial charge in [0.25, 0.3) is 5.91 Å². The molecule has 10 heteroatoms. The van der Waals surface area contributed by atoms with Crippen LogP contribution < -0.4 is 25.4 Å². The number of nitrogens with one attached hydrogen (secondary N) is 3. The minimum atomic E-state index is -2.95. The molecule has 0 unspecified atom stereocenters. The van der Waals surface area contributed by atoms with Gasteiger partial charge < -0.3 is 25.4 Å². The molecule has 0 aliphatic heterocycles. The number of aliphatic imine (C=N–C) groups is 1. The zero-order chi connectivity index (χ0) is 21.8. The number of hydrogen-bond acceptors (Lipinski definition) is 5. The molecule has 0 aliphatic carbocycles. The second-order valence-corrected chi connectivity index (χ2v) is 6.94. The maximum Gasteiger partial charge on any atom is 0.387 e. The zero-order valence-corrected chi connectivity index (χ0v) is 17.7. The molecule has 0 bridgehead atoms. The molecule has 1 aromatic heterocycles. The van der Waals surface area contributed by atoms with Crippen molar-refractivity contribution in [1.29, 1.82) is 0 Å². The van der Waals surface area contributed by atoms with E-state index in [9.17, 15) is 13.6 Å². The van der Waals surface area contributed by atoms with Crippen LogP contribution in [0.5, 0.6) is 11.5 Å². The standard InChI is InChI=1S/C20H26F2N4O3S/c1-3-28-15-8-4-7-14(17(15)29-19(21)22)13-26-20(23-2)25-11-6-10-24-18(27)16-9-5-12-30-16/h4-5,7-9,12,19H,3,6,10-11,13H2,1-2H3,(H,24,27)(H2,23,25,26). The summed E-state index contributed by atoms with van der Waals surface area (Å²) in [7, 11) is 1.61. The Morgan fingerprint density at radius 2 is 1.97 bits per heavy atom. The highest BCUT2D eigenvalue weighted by molar-refractivity contribution is 7.12. The number of benzene rings is 1. The Labute approximate surface area is 178 Å². The van der Waals surface area contributed by atoms with Gasteiger partial charge in [0, 0.05) is 32.2 Å². The first-order valence-electron chi connectivity index (χ1n) is 9.50. The summed E-state index contributed by atoms with van der Waals surface area (Å²) in [5, 5.41) is 10.9. The fourth-order valence-electron chi connectivity index (χ4n) is 2.58. The maximum absolute atomic E-state index is 12.8. The summed E-state index contributed by atoms with van der Waals surface area (Å²) >= 11 is 1.39. The van der Waals surface area contributed by atoms with Crippen molar-refractivity contribution in [2.24, 2.45) is 4.99 Å². The minimum Gasteiger partial charge on any atom is -0.490 e. The van der Waals surface area contributed by atoms with E-state index in [0.717, 1.165) is 0 Å². The topological polar surface area (TPSA) is 84.0 Å². The quantitative estimate of drug-likeness (QED) is 0.284. The lowest BCUT2D eigenvalue weighted by atomic mass is 10.2. The number of para-hydroxylation sites is 1. The fourth-order valence-corrected chi connectivity index (χ4v) is 3.22. The normalized spacial score (nSPS) is 11.3. The van der Waals surface area contributed by atoms with E-state index in [2.05, 4.69) is 25.7 Å². The molecule has 0 aliphatic rings. The summed E-state index contributed by atoms with van der Waals surface area (Å²) < 4.78 is 35.7. The van der Waals surface area contributed by atoms with Gasteiger partial charge in [-0.15, -0.1) is 11.3 Å². The Bertz CT molecular complexity index is 816. The molecule has 2 rings (SSSR count). The van der Waals surface area contributed by atoms with Crippen molar-refractivity contribution in [1.82, 2.24) is 16.0 Å². The number of rotatable bonds is 11. The van der Waals surface area contributed by atoms with Crippen molar-refractivity contribution < 1.29 is 23.0 Å². The van der Waals surface area contributed by atoms with Crippen LogP contribution in [0.4, 0.5) is 8.78 Å². The van der Waals surface area contributed by atoms with Crippen LogP contribution in [-0.2, 0) is 6.54 Å². The molecule has 2 aromatic rings. The van der Waals surface area contributed by atoms with E-state index in [4.69, 9.17) is 4.74 Å². The second kappa shape index (κ2) is 12.6. The molecule has 0 radical (unpaired) electrons. The maximum atomic E-state index is 12.8. The lowest BCUT2D eigenvalue weighted by Crippen LogP contribution is -2.38. The Morgan fingerprint density at radius 3 is 2.63 bits per heavy atom. The third kappa shape index (κ3) is 7.51. The largest absolute Gasteiger partial charge is 0.490 e. The molecule has 0 fully saturated rings. The summed E-state index contributed by atoms with van der Waals surface area (Å²) in [5.41, 5.74) is 0.521. The summed E-state index contributed by atoms with van der Waals surface area (Å²) in [6.07, 6.45) is 0.692. The van der Waals surface area contributed by atoms with Gasteiger partial charge in [-0.25, -0.2) is 0 Å². The van der Waals surface area contributed by atoms with Crippen LogP contribution in [0.1, 0.15) is 28.6 Å². The number of nitrogens with zero attached hydrogens (tertiary/aromatic N) is 1. The van der Waals surface area contributed by atoms with Gasteiger partial charge in [-0.1, -0.05) is 18.2 Å². The fraction of sp³-hybridized carbons (Fsp3) is 0.400. The van der Waals surface area contributed by atoms with Crippen molar-refractivity contribution in [2.75, 3.05) is 26.7 Å². The van der Waals surface area contributed by atoms with E-state index in [0.29, 0.717) is 42.5 Å². The number of hydrogen-bond donors (Lipinski definition) is 3. The molecule has 30 heavy (non-hydrogen) atoms. The number of carbonyl (C=O) groups excluding carboxylic acids is 1. The van der Waals surface area contributed by atoms with Gasteiger partial charge in [0.05, 0.1) is 11.5 Å². The Morgan fingerprint density at radius 1 is 1.17 bits per heavy atom. The van der Waals surface area contributed by atoms with Gasteiger partial charge in [0.2, 0.25) is 0 Å². The van der Waals surface area contributed by atoms with Gasteiger partial charge in [-0.05, 0) is 30.9 Å². The number of ether oxygens (including phenoxy) is 2. The Balaban J connectivity index is 1.81. The van der Waals surface area contributed by atoms with E-state index >= 15 is 0 Å². The van der Waals surface area contributed by atoms with E-state index < -0.39 is 6.61 Å². The summed E-state index contributed by atoms with van der Waals surface area (Å²) in [4.78, 5) is 16.7. The van der Waals surface area contributed by atoms with Crippen LogP contribution in [0.2, 0.25) is 0 Å². The molecule has 0 atom stereocenters. The predicted molar refractivity (Wildman–Crippen MR) is 114 cm³/mol. The van der Waals surface area contributed by atoms with Crippen LogP contribution >= 0.6 is 11.3 Å². The van der Waals surface area contributed by atoms with E-state index in [1.54, 1.807) is 38.2 Å². The summed E-state index contributed by atoms with van der Waals surface area (Å²) in [5.74, 6) is 0.688. The molecule has 3 N–H and O–H groups in total. The number of amides is 1. The zero-order valence-electron chi connectivity index (χ0n) is 16.9. The van der Waals surface area contributed by atoms with Crippen molar-refractivity contribution in [3.8, 4) is 11.5 Å². The van der Waals surface area contributed by atoms with Crippen LogP contribution in [0.3, 0.4) is 0 Å². The van der Waals surface area contributed by atoms with Gasteiger partial charge in [-0.2, -0.15) is 8.78 Å². The number of carbonyl (C=O) groups is 1. The Kier molecular flexibility index (Phi) is 9.85. The number of guanidine groups is 1. The second-order valence-electron chi connectivity index (χ2n) is 6.00. The molecular weight excluding hydrogens is 414 g/mol. The van der Waals surface area contributed by atoms with Crippen LogP contribution in [-0.4, -0.2) is 45.2 Å². The van der Waals surface area contributed by atoms with E-state index in [-0.39, 0.29) is 24.0 Å². The molecular formula is C20H26F2N4O3S. The lowest BCUT2D eigenvalue weighted by molar-refractivity contribution is -0.0520. The number of alkyl halides is 2. The monoisotopic (exact) mass is 440 g/mol. The average molecular weight is 441 g/mol. The average Bonchev–Trinajstić information content (AvgIpc) is 3.26. The Hall–Kier alpha value is -2.88. The molecule has 164 valence electrons. The highest BCUT2D eigenvalue weighted by atomic mass is 32.1. The number of thiophene rings is 1. The molecule has 1 heterocycles. The summed E-state index contributed by atoms with van der Waals surface area (Å²) in [6, 6.07) is 8.59. The SMILES string of the molecule is CCOc1cccc(CNC(=NC)NCCCNC(=O)c2cccs2)c1OC(F)F. The first-order chi connectivity index (χ1) is 14.5. The van der Waals surface area contributed by atoms with Gasteiger partial charge in [0.1, 0.15) is 0 Å². The third-order valence-corrected chi connectivity index (χ3v) is 4.78. The van der Waals surface area contributed by atoms with Crippen LogP contribution in [0.15, 0.2) is 40.7 Å². The van der Waals surface area contributed by atoms with E-state index in [1.807, 2.05) is 11.4 Å². The molecule has 1 amide bonds. The molecule has 0 saturated carbocycles. The highest BCUT2D eigenvalue weighted by Gasteiger charge is 2.16. The smallest absolute Gasteiger partial charge is 0.387 e. The molecule has 0 saturated heterocycles. The first-order valence-corrected chi connectivity index (χ1v) is 10.4. The van der Waals surface area contributed by atoms with Crippen LogP contribution in [0.25, 0.3) is 0 Å². The van der Waals surface area contributed by atoms with Gasteiger partial charge in [-0.3, -0.25) is 9.79 Å². The molecule has 1 aromatic carbocycles. The third-order valence-electron chi connectivity index (χ3n) is 3.91. The summed E-state index contributed by atoms with van der Waals surface area (Å²) in [6.45, 7) is 0.464.